The summed E-state index contributed by atoms with van der Waals surface area (Å²) in [6.45, 7) is 8.51. The SMILES string of the molecule is Cc1nn(C2CCC(=O)NC2=O)c(=O)c2cc(N3CCC(C4CNCCN4CC(=O)N4CCC(COc5ccnc(-c6ccc(Cn7nc(-c8cccc(C#N)c8)ccc7=O)cc6)n5)CC4)CC3)ccc12. The summed E-state index contributed by atoms with van der Waals surface area (Å²) in [5, 5.41) is 25.5. The smallest absolute Gasteiger partial charge is 0.275 e. The molecule has 0 bridgehead atoms. The quantitative estimate of drug-likeness (QED) is 0.166. The van der Waals surface area contributed by atoms with E-state index in [1.54, 1.807) is 36.5 Å². The van der Waals surface area contributed by atoms with E-state index in [0.29, 0.717) is 66.2 Å². The van der Waals surface area contributed by atoms with Gasteiger partial charge in [-0.3, -0.25) is 34.2 Å². The van der Waals surface area contributed by atoms with Crippen LogP contribution in [0.1, 0.15) is 61.4 Å². The summed E-state index contributed by atoms with van der Waals surface area (Å²) in [5.41, 5.74) is 4.63. The lowest BCUT2D eigenvalue weighted by Crippen LogP contribution is -2.58. The van der Waals surface area contributed by atoms with Gasteiger partial charge in [-0.05, 0) is 86.8 Å². The van der Waals surface area contributed by atoms with Gasteiger partial charge in [0.2, 0.25) is 17.7 Å². The summed E-state index contributed by atoms with van der Waals surface area (Å²) in [6.07, 6.45) is 5.69. The molecule has 4 aliphatic rings. The Morgan fingerprint density at radius 3 is 2.45 bits per heavy atom. The fourth-order valence-electron chi connectivity index (χ4n) is 10.5. The van der Waals surface area contributed by atoms with Gasteiger partial charge in [-0.1, -0.05) is 42.5 Å². The summed E-state index contributed by atoms with van der Waals surface area (Å²) in [5.74, 6) is 1.05. The minimum absolute atomic E-state index is 0.164. The molecule has 18 nitrogen and oxygen atoms in total. The number of nitriles is 1. The van der Waals surface area contributed by atoms with Crippen LogP contribution < -0.4 is 31.4 Å². The van der Waals surface area contributed by atoms with Gasteiger partial charge in [0.15, 0.2) is 5.82 Å². The molecule has 4 saturated heterocycles. The van der Waals surface area contributed by atoms with Crippen LogP contribution in [0.15, 0.2) is 101 Å². The number of benzene rings is 3. The molecule has 4 aliphatic heterocycles. The number of amides is 3. The molecule has 71 heavy (non-hydrogen) atoms. The molecule has 6 aromatic rings. The standard InChI is InChI=1S/C53H56N12O6/c1-34-42-10-9-41(28-43(42)53(70)65(59-34)45-12-13-47(66)57-52(45)69)61-24-18-38(19-25-61)46-30-55-21-26-63(46)32-50(68)62-22-16-36(17-23-62)33-71-48-15-20-56-51(58-48)39-7-5-35(6-8-39)31-64-49(67)14-11-44(60-64)40-4-2-3-37(27-40)29-54/h2-11,14-15,20,27-28,36,38,45-46,55H,12-13,16-19,21-26,30-33H2,1H3,(H,57,66,69). The van der Waals surface area contributed by atoms with Crippen molar-refractivity contribution in [3.05, 3.63) is 129 Å². The Morgan fingerprint density at radius 1 is 0.845 bits per heavy atom. The van der Waals surface area contributed by atoms with E-state index in [1.165, 1.54) is 15.4 Å². The molecule has 2 atom stereocenters. The highest BCUT2D eigenvalue weighted by atomic mass is 16.5. The largest absolute Gasteiger partial charge is 0.477 e. The van der Waals surface area contributed by atoms with E-state index in [9.17, 15) is 29.2 Å². The molecule has 10 rings (SSSR count). The number of rotatable bonds is 12. The van der Waals surface area contributed by atoms with Crippen molar-refractivity contribution in [2.24, 2.45) is 11.8 Å². The molecule has 2 unspecified atom stereocenters. The van der Waals surface area contributed by atoms with Crippen LogP contribution in [-0.2, 0) is 20.9 Å². The first kappa shape index (κ1) is 47.1. The number of ether oxygens (including phenoxy) is 1. The summed E-state index contributed by atoms with van der Waals surface area (Å²) in [7, 11) is 0. The van der Waals surface area contributed by atoms with Crippen molar-refractivity contribution in [2.75, 3.05) is 63.9 Å². The Balaban J connectivity index is 0.692. The number of carbonyl (C=O) groups excluding carboxylic acids is 3. The van der Waals surface area contributed by atoms with E-state index in [4.69, 9.17) is 9.72 Å². The zero-order valence-corrected chi connectivity index (χ0v) is 39.7. The summed E-state index contributed by atoms with van der Waals surface area (Å²) >= 11 is 0. The second kappa shape index (κ2) is 20.8. The molecular weight excluding hydrogens is 901 g/mol. The number of nitrogens with zero attached hydrogens (tertiary/aromatic N) is 10. The van der Waals surface area contributed by atoms with Crippen molar-refractivity contribution in [3.63, 3.8) is 0 Å². The fourth-order valence-corrected chi connectivity index (χ4v) is 10.5. The summed E-state index contributed by atoms with van der Waals surface area (Å²) < 4.78 is 8.86. The van der Waals surface area contributed by atoms with Crippen molar-refractivity contribution in [1.82, 2.24) is 50.0 Å². The lowest BCUT2D eigenvalue weighted by atomic mass is 9.87. The average molecular weight is 957 g/mol. The number of piperidine rings is 3. The molecule has 0 radical (unpaired) electrons. The van der Waals surface area contributed by atoms with E-state index in [0.717, 1.165) is 86.2 Å². The molecule has 18 heteroatoms. The molecule has 0 spiro atoms. The number of imide groups is 1. The predicted molar refractivity (Wildman–Crippen MR) is 265 cm³/mol. The lowest BCUT2D eigenvalue weighted by molar-refractivity contribution is -0.136. The Labute approximate surface area is 410 Å². The first-order chi connectivity index (χ1) is 34.6. The van der Waals surface area contributed by atoms with Crippen molar-refractivity contribution < 1.29 is 19.1 Å². The van der Waals surface area contributed by atoms with Crippen LogP contribution in [0.3, 0.4) is 0 Å². The number of piperazine rings is 1. The number of aryl methyl sites for hydroxylation is 1. The van der Waals surface area contributed by atoms with Gasteiger partial charge in [-0.25, -0.2) is 14.3 Å². The number of hydrogen-bond acceptors (Lipinski definition) is 14. The molecule has 3 amide bonds. The third-order valence-corrected chi connectivity index (χ3v) is 14.5. The van der Waals surface area contributed by atoms with Crippen LogP contribution in [0.2, 0.25) is 0 Å². The first-order valence-corrected chi connectivity index (χ1v) is 24.5. The number of aromatic nitrogens is 6. The molecule has 3 aromatic heterocycles. The number of nitrogens with one attached hydrogen (secondary N) is 2. The Kier molecular flexibility index (Phi) is 13.8. The maximum absolute atomic E-state index is 13.8. The van der Waals surface area contributed by atoms with Crippen LogP contribution in [0.25, 0.3) is 33.4 Å². The number of fused-ring (bicyclic) bond motifs is 1. The van der Waals surface area contributed by atoms with Gasteiger partial charge in [0.25, 0.3) is 17.0 Å². The van der Waals surface area contributed by atoms with Crippen molar-refractivity contribution >= 4 is 34.2 Å². The molecule has 0 saturated carbocycles. The van der Waals surface area contributed by atoms with Crippen molar-refractivity contribution in [3.8, 4) is 34.6 Å². The van der Waals surface area contributed by atoms with E-state index >= 15 is 0 Å². The molecular formula is C53H56N12O6. The van der Waals surface area contributed by atoms with Gasteiger partial charge < -0.3 is 19.9 Å². The highest BCUT2D eigenvalue weighted by Crippen LogP contribution is 2.31. The summed E-state index contributed by atoms with van der Waals surface area (Å²) in [4.78, 5) is 80.6. The zero-order valence-electron chi connectivity index (χ0n) is 39.7. The maximum atomic E-state index is 13.8. The van der Waals surface area contributed by atoms with Crippen molar-refractivity contribution in [1.29, 1.82) is 5.26 Å². The van der Waals surface area contributed by atoms with Gasteiger partial charge in [-0.15, -0.1) is 0 Å². The van der Waals surface area contributed by atoms with Crippen LogP contribution in [0.4, 0.5) is 5.69 Å². The molecule has 3 aromatic carbocycles. The number of likely N-dealkylation sites (tertiary alicyclic amines) is 1. The molecule has 0 aliphatic carbocycles. The van der Waals surface area contributed by atoms with Crippen LogP contribution in [0, 0.1) is 30.1 Å². The van der Waals surface area contributed by atoms with Gasteiger partial charge in [0.1, 0.15) is 6.04 Å². The van der Waals surface area contributed by atoms with E-state index in [-0.39, 0.29) is 54.3 Å². The minimum Gasteiger partial charge on any atom is -0.477 e. The van der Waals surface area contributed by atoms with Gasteiger partial charge >= 0.3 is 0 Å². The van der Waals surface area contributed by atoms with Gasteiger partial charge in [0, 0.05) is 98.8 Å². The molecule has 4 fully saturated rings. The third-order valence-electron chi connectivity index (χ3n) is 14.5. The Hall–Kier alpha value is -7.62. The number of hydrogen-bond donors (Lipinski definition) is 2. The first-order valence-electron chi connectivity index (χ1n) is 24.5. The fraction of sp³-hybridized carbons (Fsp3) is 0.396. The maximum Gasteiger partial charge on any atom is 0.275 e. The van der Waals surface area contributed by atoms with E-state index in [2.05, 4.69) is 41.7 Å². The Bertz CT molecular complexity index is 3130. The molecule has 364 valence electrons. The zero-order chi connectivity index (χ0) is 49.0. The Morgan fingerprint density at radius 2 is 1.66 bits per heavy atom. The van der Waals surface area contributed by atoms with Crippen molar-refractivity contribution in [2.45, 2.75) is 64.1 Å². The highest BCUT2D eigenvalue weighted by Gasteiger charge is 2.35. The third kappa shape index (κ3) is 10.5. The van der Waals surface area contributed by atoms with Crippen LogP contribution >= 0.6 is 0 Å². The lowest BCUT2D eigenvalue weighted by Gasteiger charge is -2.44. The number of carbonyl (C=O) groups is 3. The monoisotopic (exact) mass is 956 g/mol. The second-order valence-corrected chi connectivity index (χ2v) is 19.1. The molecule has 2 N–H and O–H groups in total. The van der Waals surface area contributed by atoms with Gasteiger partial charge in [-0.2, -0.15) is 20.4 Å². The predicted octanol–water partition coefficient (Wildman–Crippen LogP) is 4.09. The van der Waals surface area contributed by atoms with Crippen LogP contribution in [0.5, 0.6) is 5.88 Å². The topological polar surface area (TPSA) is 214 Å². The van der Waals surface area contributed by atoms with E-state index in [1.807, 2.05) is 60.4 Å². The second-order valence-electron chi connectivity index (χ2n) is 19.1. The normalized spacial score (nSPS) is 19.4. The van der Waals surface area contributed by atoms with Gasteiger partial charge in [0.05, 0.1) is 48.1 Å². The minimum atomic E-state index is -0.820. The highest BCUT2D eigenvalue weighted by molar-refractivity contribution is 5.99. The van der Waals surface area contributed by atoms with E-state index < -0.39 is 11.9 Å². The average Bonchev–Trinajstić information content (AvgIpc) is 3.40. The van der Waals surface area contributed by atoms with Crippen LogP contribution in [-0.4, -0.2) is 122 Å². The number of anilines is 1. The summed E-state index contributed by atoms with van der Waals surface area (Å²) in [6, 6.07) is 27.2. The molecule has 7 heterocycles.